The van der Waals surface area contributed by atoms with Gasteiger partial charge in [0.2, 0.25) is 5.91 Å². The number of nitriles is 1. The fraction of sp³-hybridized carbons (Fsp3) is 0.385. The summed E-state index contributed by atoms with van der Waals surface area (Å²) in [5, 5.41) is 11.5. The van der Waals surface area contributed by atoms with Gasteiger partial charge in [0.15, 0.2) is 0 Å². The Bertz CT molecular complexity index is 498. The molecule has 0 radical (unpaired) electrons. The van der Waals surface area contributed by atoms with Crippen LogP contribution in [0, 0.1) is 17.2 Å². The maximum absolute atomic E-state index is 11.8. The van der Waals surface area contributed by atoms with E-state index < -0.39 is 0 Å². The van der Waals surface area contributed by atoms with Crippen molar-refractivity contribution in [2.45, 2.75) is 6.92 Å². The zero-order valence-corrected chi connectivity index (χ0v) is 12.6. The first-order chi connectivity index (χ1) is 8.92. The summed E-state index contributed by atoms with van der Waals surface area (Å²) in [5.74, 6) is -0.223. The van der Waals surface area contributed by atoms with Gasteiger partial charge in [-0.15, -0.1) is 0 Å². The number of carbonyl (C=O) groups is 1. The lowest BCUT2D eigenvalue weighted by Crippen LogP contribution is -2.33. The minimum Gasteiger partial charge on any atom is -0.399 e. The van der Waals surface area contributed by atoms with Crippen LogP contribution < -0.4 is 11.1 Å². The van der Waals surface area contributed by atoms with Gasteiger partial charge in [0.1, 0.15) is 0 Å². The van der Waals surface area contributed by atoms with Crippen LogP contribution in [0.2, 0.25) is 0 Å². The fourth-order valence-corrected chi connectivity index (χ4v) is 2.14. The standard InChI is InChI=1S/C13H17BrN4O/c1-9(6-15)7-18(2)8-13(19)17-12-4-3-10(16)5-11(12)14/h3-5,9H,7-8,16H2,1-2H3,(H,17,19). The molecule has 0 aliphatic carbocycles. The summed E-state index contributed by atoms with van der Waals surface area (Å²) >= 11 is 3.34. The number of nitrogens with two attached hydrogens (primary N) is 1. The SMILES string of the molecule is CC(C#N)CN(C)CC(=O)Nc1ccc(N)cc1Br. The van der Waals surface area contributed by atoms with Gasteiger partial charge in [-0.2, -0.15) is 5.26 Å². The molecule has 0 fully saturated rings. The van der Waals surface area contributed by atoms with Crippen molar-refractivity contribution in [1.29, 1.82) is 5.26 Å². The van der Waals surface area contributed by atoms with Crippen LogP contribution in [-0.2, 0) is 4.79 Å². The fourth-order valence-electron chi connectivity index (χ4n) is 1.64. The number of carbonyl (C=O) groups excluding carboxylic acids is 1. The van der Waals surface area contributed by atoms with E-state index in [-0.39, 0.29) is 18.4 Å². The number of rotatable bonds is 5. The van der Waals surface area contributed by atoms with E-state index in [0.717, 1.165) is 4.47 Å². The van der Waals surface area contributed by atoms with Crippen LogP contribution in [0.5, 0.6) is 0 Å². The normalized spacial score (nSPS) is 11.9. The highest BCUT2D eigenvalue weighted by atomic mass is 79.9. The molecule has 0 bridgehead atoms. The number of halogens is 1. The minimum absolute atomic E-state index is 0.0962. The molecule has 1 atom stereocenters. The van der Waals surface area contributed by atoms with E-state index in [1.165, 1.54) is 0 Å². The second-order valence-corrected chi connectivity index (χ2v) is 5.37. The molecule has 0 spiro atoms. The van der Waals surface area contributed by atoms with Gasteiger partial charge in [-0.3, -0.25) is 9.69 Å². The Morgan fingerprint density at radius 3 is 2.89 bits per heavy atom. The van der Waals surface area contributed by atoms with E-state index in [1.54, 1.807) is 18.2 Å². The molecule has 0 saturated heterocycles. The van der Waals surface area contributed by atoms with Gasteiger partial charge in [0.05, 0.1) is 24.2 Å². The Kier molecular flexibility index (Phi) is 5.80. The lowest BCUT2D eigenvalue weighted by molar-refractivity contribution is -0.117. The number of nitrogens with zero attached hydrogens (tertiary/aromatic N) is 2. The Morgan fingerprint density at radius 2 is 2.32 bits per heavy atom. The molecular formula is C13H17BrN4O. The van der Waals surface area contributed by atoms with Gasteiger partial charge < -0.3 is 11.1 Å². The zero-order chi connectivity index (χ0) is 14.4. The van der Waals surface area contributed by atoms with Crippen molar-refractivity contribution >= 4 is 33.2 Å². The highest BCUT2D eigenvalue weighted by Crippen LogP contribution is 2.24. The van der Waals surface area contributed by atoms with Crippen molar-refractivity contribution in [2.75, 3.05) is 31.2 Å². The van der Waals surface area contributed by atoms with Crippen molar-refractivity contribution in [3.05, 3.63) is 22.7 Å². The van der Waals surface area contributed by atoms with Gasteiger partial charge in [0.25, 0.3) is 0 Å². The molecule has 1 aromatic rings. The van der Waals surface area contributed by atoms with Crippen LogP contribution in [0.1, 0.15) is 6.92 Å². The summed E-state index contributed by atoms with van der Waals surface area (Å²) in [6.07, 6.45) is 0. The molecule has 1 amide bonds. The Labute approximate surface area is 121 Å². The number of benzene rings is 1. The number of likely N-dealkylation sites (N-methyl/N-ethyl adjacent to an activating group) is 1. The third-order valence-corrected chi connectivity index (χ3v) is 3.14. The molecule has 0 saturated carbocycles. The van der Waals surface area contributed by atoms with Gasteiger partial charge in [-0.05, 0) is 48.1 Å². The maximum Gasteiger partial charge on any atom is 0.238 e. The number of hydrogen-bond acceptors (Lipinski definition) is 4. The Hall–Kier alpha value is -1.58. The van der Waals surface area contributed by atoms with Gasteiger partial charge in [-0.1, -0.05) is 0 Å². The highest BCUT2D eigenvalue weighted by Gasteiger charge is 2.11. The average Bonchev–Trinajstić information content (AvgIpc) is 2.32. The molecule has 102 valence electrons. The molecule has 3 N–H and O–H groups in total. The predicted molar refractivity (Wildman–Crippen MR) is 79.5 cm³/mol. The lowest BCUT2D eigenvalue weighted by Gasteiger charge is -2.17. The molecule has 19 heavy (non-hydrogen) atoms. The van der Waals surface area contributed by atoms with Crippen LogP contribution in [0.15, 0.2) is 22.7 Å². The molecule has 5 nitrogen and oxygen atoms in total. The lowest BCUT2D eigenvalue weighted by atomic mass is 10.2. The first-order valence-electron chi connectivity index (χ1n) is 5.85. The van der Waals surface area contributed by atoms with E-state index in [4.69, 9.17) is 11.0 Å². The summed E-state index contributed by atoms with van der Waals surface area (Å²) in [4.78, 5) is 13.7. The summed E-state index contributed by atoms with van der Waals surface area (Å²) < 4.78 is 0.744. The van der Waals surface area contributed by atoms with Crippen LogP contribution in [0.3, 0.4) is 0 Å². The quantitative estimate of drug-likeness (QED) is 0.812. The third kappa shape index (κ3) is 5.28. The van der Waals surface area contributed by atoms with Crippen LogP contribution in [-0.4, -0.2) is 30.9 Å². The number of anilines is 2. The summed E-state index contributed by atoms with van der Waals surface area (Å²) in [6, 6.07) is 7.34. The van der Waals surface area contributed by atoms with Crippen molar-refractivity contribution in [2.24, 2.45) is 5.92 Å². The number of hydrogen-bond donors (Lipinski definition) is 2. The molecule has 0 aromatic heterocycles. The largest absolute Gasteiger partial charge is 0.399 e. The molecular weight excluding hydrogens is 308 g/mol. The Morgan fingerprint density at radius 1 is 1.63 bits per heavy atom. The number of nitrogens with one attached hydrogen (secondary N) is 1. The molecule has 1 aromatic carbocycles. The summed E-state index contributed by atoms with van der Waals surface area (Å²) in [6.45, 7) is 2.63. The zero-order valence-electron chi connectivity index (χ0n) is 11.0. The van der Waals surface area contributed by atoms with E-state index in [1.807, 2.05) is 18.9 Å². The topological polar surface area (TPSA) is 82.2 Å². The smallest absolute Gasteiger partial charge is 0.238 e. The van der Waals surface area contributed by atoms with Gasteiger partial charge in [-0.25, -0.2) is 0 Å². The number of nitrogen functional groups attached to an aromatic ring is 1. The second kappa shape index (κ2) is 7.12. The molecule has 0 aliphatic heterocycles. The van der Waals surface area contributed by atoms with Crippen LogP contribution in [0.25, 0.3) is 0 Å². The first-order valence-corrected chi connectivity index (χ1v) is 6.64. The second-order valence-electron chi connectivity index (χ2n) is 4.51. The molecule has 0 aliphatic rings. The highest BCUT2D eigenvalue weighted by molar-refractivity contribution is 9.10. The Balaban J connectivity index is 2.54. The van der Waals surface area contributed by atoms with Crippen molar-refractivity contribution in [3.8, 4) is 6.07 Å². The molecule has 0 heterocycles. The van der Waals surface area contributed by atoms with Gasteiger partial charge >= 0.3 is 0 Å². The number of amides is 1. The minimum atomic E-state index is -0.127. The molecule has 6 heteroatoms. The first kappa shape index (κ1) is 15.5. The van der Waals surface area contributed by atoms with Crippen molar-refractivity contribution in [3.63, 3.8) is 0 Å². The summed E-state index contributed by atoms with van der Waals surface area (Å²) in [5.41, 5.74) is 6.94. The maximum atomic E-state index is 11.8. The summed E-state index contributed by atoms with van der Waals surface area (Å²) in [7, 11) is 1.81. The van der Waals surface area contributed by atoms with Crippen molar-refractivity contribution < 1.29 is 4.79 Å². The van der Waals surface area contributed by atoms with E-state index >= 15 is 0 Å². The predicted octanol–water partition coefficient (Wildman–Crippen LogP) is 2.06. The van der Waals surface area contributed by atoms with Gasteiger partial charge in [0, 0.05) is 16.7 Å². The third-order valence-electron chi connectivity index (χ3n) is 2.49. The van der Waals surface area contributed by atoms with E-state index in [2.05, 4.69) is 27.3 Å². The molecule has 1 rings (SSSR count). The average molecular weight is 325 g/mol. The monoisotopic (exact) mass is 324 g/mol. The van der Waals surface area contributed by atoms with Crippen LogP contribution >= 0.6 is 15.9 Å². The van der Waals surface area contributed by atoms with Crippen LogP contribution in [0.4, 0.5) is 11.4 Å². The van der Waals surface area contributed by atoms with Crippen molar-refractivity contribution in [1.82, 2.24) is 4.90 Å². The molecule has 1 unspecified atom stereocenters. The van der Waals surface area contributed by atoms with E-state index in [0.29, 0.717) is 17.9 Å². The van der Waals surface area contributed by atoms with E-state index in [9.17, 15) is 4.79 Å².